The summed E-state index contributed by atoms with van der Waals surface area (Å²) in [6.07, 6.45) is 10.2. The Kier molecular flexibility index (Phi) is 3.42. The zero-order valence-corrected chi connectivity index (χ0v) is 8.54. The topological polar surface area (TPSA) is 26.0 Å². The van der Waals surface area contributed by atoms with Crippen LogP contribution in [0.5, 0.6) is 0 Å². The number of rotatable bonds is 1. The Morgan fingerprint density at radius 1 is 1.08 bits per heavy atom. The molecule has 0 aromatic rings. The molecule has 0 radical (unpaired) electrons. The molecule has 0 aromatic carbocycles. The fourth-order valence-electron chi connectivity index (χ4n) is 3.04. The maximum absolute atomic E-state index is 5.79. The number of hydrogen-bond donors (Lipinski definition) is 1. The summed E-state index contributed by atoms with van der Waals surface area (Å²) in [4.78, 5) is 0. The van der Waals surface area contributed by atoms with E-state index in [9.17, 15) is 0 Å². The molecule has 0 heterocycles. The quantitative estimate of drug-likeness (QED) is 0.675. The Morgan fingerprint density at radius 3 is 2.17 bits per heavy atom. The van der Waals surface area contributed by atoms with Gasteiger partial charge in [0.25, 0.3) is 0 Å². The molecule has 0 bridgehead atoms. The van der Waals surface area contributed by atoms with Crippen molar-refractivity contribution in [1.29, 1.82) is 0 Å². The third-order valence-electron chi connectivity index (χ3n) is 3.98. The van der Waals surface area contributed by atoms with Gasteiger partial charge in [0.15, 0.2) is 0 Å². The summed E-state index contributed by atoms with van der Waals surface area (Å²) in [5, 5.41) is 0. The number of halogens is 1. The maximum Gasteiger partial charge on any atom is -0.00436 e. The van der Waals surface area contributed by atoms with Crippen molar-refractivity contribution >= 4 is 12.4 Å². The summed E-state index contributed by atoms with van der Waals surface area (Å²) < 4.78 is 0. The minimum Gasteiger partial charge on any atom is -0.330 e. The predicted octanol–water partition coefficient (Wildman–Crippen LogP) is 2.73. The molecule has 2 fully saturated rings. The molecule has 0 saturated heterocycles. The summed E-state index contributed by atoms with van der Waals surface area (Å²) >= 11 is 0. The third-order valence-corrected chi connectivity index (χ3v) is 3.98. The fraction of sp³-hybridized carbons (Fsp3) is 1.00. The first kappa shape index (κ1) is 10.3. The van der Waals surface area contributed by atoms with Crippen LogP contribution in [-0.4, -0.2) is 6.54 Å². The van der Waals surface area contributed by atoms with Crippen molar-refractivity contribution in [2.24, 2.45) is 17.1 Å². The second-order valence-electron chi connectivity index (χ2n) is 4.39. The van der Waals surface area contributed by atoms with E-state index >= 15 is 0 Å². The van der Waals surface area contributed by atoms with Gasteiger partial charge in [-0.15, -0.1) is 12.4 Å². The average molecular weight is 190 g/mol. The zero-order chi connectivity index (χ0) is 7.73. The van der Waals surface area contributed by atoms with E-state index in [0.717, 1.165) is 17.9 Å². The van der Waals surface area contributed by atoms with Crippen molar-refractivity contribution in [3.8, 4) is 0 Å². The first-order chi connectivity index (χ1) is 5.37. The van der Waals surface area contributed by atoms with E-state index in [1.54, 1.807) is 0 Å². The second-order valence-corrected chi connectivity index (χ2v) is 4.39. The molecule has 1 atom stereocenters. The second kappa shape index (κ2) is 3.97. The normalized spacial score (nSPS) is 32.2. The van der Waals surface area contributed by atoms with Crippen molar-refractivity contribution in [3.63, 3.8) is 0 Å². The lowest BCUT2D eigenvalue weighted by Crippen LogP contribution is -2.43. The molecule has 2 N–H and O–H groups in total. The Hall–Kier alpha value is 0.250. The molecule has 0 aliphatic heterocycles. The van der Waals surface area contributed by atoms with E-state index in [1.807, 2.05) is 0 Å². The van der Waals surface area contributed by atoms with Gasteiger partial charge in [-0.1, -0.05) is 19.3 Å². The van der Waals surface area contributed by atoms with Crippen molar-refractivity contribution in [2.75, 3.05) is 6.54 Å². The van der Waals surface area contributed by atoms with Crippen LogP contribution < -0.4 is 5.73 Å². The highest BCUT2D eigenvalue weighted by Crippen LogP contribution is 2.54. The lowest BCUT2D eigenvalue weighted by Gasteiger charge is -2.50. The zero-order valence-electron chi connectivity index (χ0n) is 7.72. The highest BCUT2D eigenvalue weighted by Gasteiger charge is 2.43. The molecule has 72 valence electrons. The highest BCUT2D eigenvalue weighted by atomic mass is 35.5. The molecule has 0 amide bonds. The maximum atomic E-state index is 5.79. The van der Waals surface area contributed by atoms with Gasteiger partial charge in [0, 0.05) is 0 Å². The predicted molar refractivity (Wildman–Crippen MR) is 54.5 cm³/mol. The van der Waals surface area contributed by atoms with Crippen molar-refractivity contribution < 1.29 is 0 Å². The molecule has 2 saturated carbocycles. The van der Waals surface area contributed by atoms with E-state index in [-0.39, 0.29) is 12.4 Å². The van der Waals surface area contributed by atoms with Crippen LogP contribution in [0.1, 0.15) is 44.9 Å². The summed E-state index contributed by atoms with van der Waals surface area (Å²) in [6.45, 7) is 0.944. The first-order valence-corrected chi connectivity index (χ1v) is 5.07. The lowest BCUT2D eigenvalue weighted by atomic mass is 9.55. The van der Waals surface area contributed by atoms with E-state index in [2.05, 4.69) is 0 Å². The molecule has 1 unspecified atom stereocenters. The summed E-state index contributed by atoms with van der Waals surface area (Å²) in [5.74, 6) is 0.880. The van der Waals surface area contributed by atoms with Crippen LogP contribution in [0.4, 0.5) is 0 Å². The molecular formula is C10H20ClN. The van der Waals surface area contributed by atoms with E-state index < -0.39 is 0 Å². The van der Waals surface area contributed by atoms with Crippen molar-refractivity contribution in [2.45, 2.75) is 44.9 Å². The van der Waals surface area contributed by atoms with Crippen LogP contribution >= 0.6 is 12.4 Å². The Morgan fingerprint density at radius 2 is 1.75 bits per heavy atom. The molecule has 2 aliphatic rings. The van der Waals surface area contributed by atoms with Gasteiger partial charge < -0.3 is 5.73 Å². The van der Waals surface area contributed by atoms with Crippen molar-refractivity contribution in [1.82, 2.24) is 0 Å². The van der Waals surface area contributed by atoms with Gasteiger partial charge in [-0.3, -0.25) is 0 Å². The number of nitrogens with two attached hydrogens (primary N) is 1. The Balaban J connectivity index is 0.000000720. The average Bonchev–Trinajstić information content (AvgIpc) is 2.01. The number of hydrogen-bond acceptors (Lipinski definition) is 1. The van der Waals surface area contributed by atoms with Crippen LogP contribution in [0, 0.1) is 11.3 Å². The van der Waals surface area contributed by atoms with Crippen LogP contribution in [-0.2, 0) is 0 Å². The molecule has 1 nitrogen and oxygen atoms in total. The van der Waals surface area contributed by atoms with Crippen molar-refractivity contribution in [3.05, 3.63) is 0 Å². The fourth-order valence-corrected chi connectivity index (χ4v) is 3.04. The van der Waals surface area contributed by atoms with Crippen LogP contribution in [0.2, 0.25) is 0 Å². The Labute approximate surface area is 81.5 Å². The minimum absolute atomic E-state index is 0. The summed E-state index contributed by atoms with van der Waals surface area (Å²) in [5.41, 5.74) is 6.53. The van der Waals surface area contributed by atoms with Gasteiger partial charge >= 0.3 is 0 Å². The molecular weight excluding hydrogens is 170 g/mol. The monoisotopic (exact) mass is 189 g/mol. The molecule has 12 heavy (non-hydrogen) atoms. The first-order valence-electron chi connectivity index (χ1n) is 5.07. The molecule has 2 heteroatoms. The van der Waals surface area contributed by atoms with E-state index in [4.69, 9.17) is 5.73 Å². The SMILES string of the molecule is Cl.NCC1CCCCC12CCC2. The molecule has 0 aromatic heterocycles. The minimum atomic E-state index is 0. The summed E-state index contributed by atoms with van der Waals surface area (Å²) in [7, 11) is 0. The lowest BCUT2D eigenvalue weighted by molar-refractivity contribution is 0.0119. The van der Waals surface area contributed by atoms with Gasteiger partial charge in [-0.2, -0.15) is 0 Å². The van der Waals surface area contributed by atoms with Gasteiger partial charge in [0.2, 0.25) is 0 Å². The van der Waals surface area contributed by atoms with Gasteiger partial charge in [-0.05, 0) is 43.6 Å². The van der Waals surface area contributed by atoms with Gasteiger partial charge in [0.05, 0.1) is 0 Å². The van der Waals surface area contributed by atoms with Gasteiger partial charge in [0.1, 0.15) is 0 Å². The van der Waals surface area contributed by atoms with Crippen LogP contribution in [0.25, 0.3) is 0 Å². The van der Waals surface area contributed by atoms with Gasteiger partial charge in [-0.25, -0.2) is 0 Å². The molecule has 2 rings (SSSR count). The third kappa shape index (κ3) is 1.49. The van der Waals surface area contributed by atoms with E-state index in [1.165, 1.54) is 44.9 Å². The molecule has 2 aliphatic carbocycles. The largest absolute Gasteiger partial charge is 0.330 e. The molecule has 1 spiro atoms. The smallest absolute Gasteiger partial charge is 0.00436 e. The highest BCUT2D eigenvalue weighted by molar-refractivity contribution is 5.85. The summed E-state index contributed by atoms with van der Waals surface area (Å²) in [6, 6.07) is 0. The van der Waals surface area contributed by atoms with E-state index in [0.29, 0.717) is 0 Å². The Bertz CT molecular complexity index is 143. The van der Waals surface area contributed by atoms with Crippen LogP contribution in [0.3, 0.4) is 0 Å². The van der Waals surface area contributed by atoms with Crippen LogP contribution in [0.15, 0.2) is 0 Å². The standard InChI is InChI=1S/C10H19N.ClH/c11-8-9-4-1-2-5-10(9)6-3-7-10;/h9H,1-8,11H2;1H.